The van der Waals surface area contributed by atoms with Gasteiger partial charge in [-0.25, -0.2) is 0 Å². The van der Waals surface area contributed by atoms with Crippen LogP contribution < -0.4 is 5.73 Å². The van der Waals surface area contributed by atoms with E-state index in [1.807, 2.05) is 0 Å². The van der Waals surface area contributed by atoms with Gasteiger partial charge in [-0.2, -0.15) is 13.2 Å². The summed E-state index contributed by atoms with van der Waals surface area (Å²) >= 11 is 0. The summed E-state index contributed by atoms with van der Waals surface area (Å²) in [5.41, 5.74) is 3.91. The van der Waals surface area contributed by atoms with Gasteiger partial charge in [-0.3, -0.25) is 0 Å². The quantitative estimate of drug-likeness (QED) is 0.628. The number of nitrogens with two attached hydrogens (primary N) is 1. The standard InChI is InChI=1S/C9H14F3N/c10-9(11,12)7-3-1-2-4-8(13,5-7)6-7/h1-6,13H2. The molecule has 0 heterocycles. The molecule has 3 aliphatic rings. The van der Waals surface area contributed by atoms with Crippen molar-refractivity contribution < 1.29 is 13.2 Å². The second kappa shape index (κ2) is 2.41. The molecule has 0 aromatic carbocycles. The molecule has 3 rings (SSSR count). The van der Waals surface area contributed by atoms with Crippen molar-refractivity contribution in [3.63, 3.8) is 0 Å². The van der Waals surface area contributed by atoms with Gasteiger partial charge in [-0.05, 0) is 25.7 Å². The summed E-state index contributed by atoms with van der Waals surface area (Å²) in [6.07, 6.45) is -1.14. The molecular weight excluding hydrogens is 179 g/mol. The van der Waals surface area contributed by atoms with Gasteiger partial charge in [0.25, 0.3) is 0 Å². The Morgan fingerprint density at radius 3 is 2.08 bits per heavy atom. The SMILES string of the molecule is NC12CCCCC(C(F)(F)F)(C1)C2. The van der Waals surface area contributed by atoms with Crippen LogP contribution in [0.4, 0.5) is 13.2 Å². The van der Waals surface area contributed by atoms with Gasteiger partial charge < -0.3 is 5.73 Å². The molecule has 0 atom stereocenters. The number of hydrogen-bond donors (Lipinski definition) is 1. The third kappa shape index (κ3) is 1.26. The molecule has 0 aromatic rings. The first-order valence-electron chi connectivity index (χ1n) is 4.73. The van der Waals surface area contributed by atoms with Gasteiger partial charge in [0, 0.05) is 5.54 Å². The summed E-state index contributed by atoms with van der Waals surface area (Å²) in [5, 5.41) is 0. The van der Waals surface area contributed by atoms with Gasteiger partial charge in [-0.1, -0.05) is 12.8 Å². The zero-order valence-corrected chi connectivity index (χ0v) is 7.45. The molecule has 0 aliphatic heterocycles. The maximum atomic E-state index is 12.7. The molecule has 0 amide bonds. The molecule has 3 saturated carbocycles. The summed E-state index contributed by atoms with van der Waals surface area (Å²) in [4.78, 5) is 0. The van der Waals surface area contributed by atoms with E-state index in [0.717, 1.165) is 12.8 Å². The lowest BCUT2D eigenvalue weighted by atomic mass is 9.56. The topological polar surface area (TPSA) is 26.0 Å². The van der Waals surface area contributed by atoms with E-state index >= 15 is 0 Å². The number of alkyl halides is 3. The van der Waals surface area contributed by atoms with Gasteiger partial charge in [0.15, 0.2) is 0 Å². The van der Waals surface area contributed by atoms with Crippen molar-refractivity contribution in [2.45, 2.75) is 50.2 Å². The second-order valence-electron chi connectivity index (χ2n) is 4.70. The van der Waals surface area contributed by atoms with E-state index < -0.39 is 17.1 Å². The predicted molar refractivity (Wildman–Crippen MR) is 43.1 cm³/mol. The highest BCUT2D eigenvalue weighted by atomic mass is 19.4. The molecule has 0 radical (unpaired) electrons. The van der Waals surface area contributed by atoms with Crippen molar-refractivity contribution in [1.82, 2.24) is 0 Å². The molecular formula is C9H14F3N. The maximum Gasteiger partial charge on any atom is 0.394 e. The van der Waals surface area contributed by atoms with E-state index in [2.05, 4.69) is 0 Å². The molecule has 0 saturated heterocycles. The van der Waals surface area contributed by atoms with Crippen LogP contribution in [0.15, 0.2) is 0 Å². The summed E-state index contributed by atoms with van der Waals surface area (Å²) in [6.45, 7) is 0. The lowest BCUT2D eigenvalue weighted by Gasteiger charge is -2.53. The first kappa shape index (κ1) is 9.31. The van der Waals surface area contributed by atoms with Gasteiger partial charge >= 0.3 is 6.18 Å². The average Bonchev–Trinajstić information content (AvgIpc) is 2.14. The molecule has 0 spiro atoms. The van der Waals surface area contributed by atoms with Crippen LogP contribution >= 0.6 is 0 Å². The van der Waals surface area contributed by atoms with Crippen LogP contribution in [0.25, 0.3) is 0 Å². The van der Waals surface area contributed by atoms with Crippen LogP contribution in [0.2, 0.25) is 0 Å². The van der Waals surface area contributed by atoms with Gasteiger partial charge in [-0.15, -0.1) is 0 Å². The minimum Gasteiger partial charge on any atom is -0.325 e. The summed E-state index contributed by atoms with van der Waals surface area (Å²) < 4.78 is 38.0. The van der Waals surface area contributed by atoms with Crippen molar-refractivity contribution in [2.75, 3.05) is 0 Å². The van der Waals surface area contributed by atoms with E-state index in [1.165, 1.54) is 0 Å². The van der Waals surface area contributed by atoms with Crippen molar-refractivity contribution in [1.29, 1.82) is 0 Å². The molecule has 13 heavy (non-hydrogen) atoms. The van der Waals surface area contributed by atoms with E-state index in [-0.39, 0.29) is 19.3 Å². The molecule has 4 heteroatoms. The van der Waals surface area contributed by atoms with Crippen molar-refractivity contribution in [3.05, 3.63) is 0 Å². The normalized spacial score (nSPS) is 45.2. The van der Waals surface area contributed by atoms with Crippen molar-refractivity contribution >= 4 is 0 Å². The average molecular weight is 193 g/mol. The minimum atomic E-state index is -4.04. The van der Waals surface area contributed by atoms with E-state index in [4.69, 9.17) is 5.73 Å². The van der Waals surface area contributed by atoms with Crippen molar-refractivity contribution in [3.8, 4) is 0 Å². The fourth-order valence-electron chi connectivity index (χ4n) is 2.93. The highest BCUT2D eigenvalue weighted by Crippen LogP contribution is 2.62. The van der Waals surface area contributed by atoms with Crippen molar-refractivity contribution in [2.24, 2.45) is 11.1 Å². The highest BCUT2D eigenvalue weighted by Gasteiger charge is 2.66. The van der Waals surface area contributed by atoms with Gasteiger partial charge in [0.05, 0.1) is 5.41 Å². The minimum absolute atomic E-state index is 0.156. The number of rotatable bonds is 0. The third-order valence-corrected chi connectivity index (χ3v) is 3.56. The van der Waals surface area contributed by atoms with Gasteiger partial charge in [0.2, 0.25) is 0 Å². The Kier molecular flexibility index (Phi) is 1.72. The smallest absolute Gasteiger partial charge is 0.325 e. The molecule has 0 unspecified atom stereocenters. The van der Waals surface area contributed by atoms with Crippen LogP contribution in [-0.2, 0) is 0 Å². The lowest BCUT2D eigenvalue weighted by Crippen LogP contribution is -2.62. The Bertz CT molecular complexity index is 215. The fraction of sp³-hybridized carbons (Fsp3) is 1.00. The Morgan fingerprint density at radius 1 is 1.00 bits per heavy atom. The Morgan fingerprint density at radius 2 is 1.54 bits per heavy atom. The summed E-state index contributed by atoms with van der Waals surface area (Å²) in [6, 6.07) is 0. The summed E-state index contributed by atoms with van der Waals surface area (Å²) in [7, 11) is 0. The number of fused-ring (bicyclic) bond motifs is 3. The van der Waals surface area contributed by atoms with Crippen LogP contribution in [-0.4, -0.2) is 11.7 Å². The third-order valence-electron chi connectivity index (χ3n) is 3.56. The molecule has 2 bridgehead atoms. The second-order valence-corrected chi connectivity index (χ2v) is 4.70. The fourth-order valence-corrected chi connectivity index (χ4v) is 2.93. The van der Waals surface area contributed by atoms with E-state index in [0.29, 0.717) is 6.42 Å². The van der Waals surface area contributed by atoms with Crippen LogP contribution in [0.5, 0.6) is 0 Å². The predicted octanol–water partition coefficient (Wildman–Crippen LogP) is 2.60. The summed E-state index contributed by atoms with van der Waals surface area (Å²) in [5.74, 6) is 0. The molecule has 1 nitrogen and oxygen atoms in total. The Balaban J connectivity index is 2.19. The molecule has 76 valence electrons. The number of hydrogen-bond acceptors (Lipinski definition) is 1. The molecule has 2 N–H and O–H groups in total. The zero-order chi connectivity index (χ0) is 9.74. The highest BCUT2D eigenvalue weighted by molar-refractivity contribution is 5.11. The lowest BCUT2D eigenvalue weighted by molar-refractivity contribution is -0.266. The first-order chi connectivity index (χ1) is 5.87. The molecule has 3 fully saturated rings. The maximum absolute atomic E-state index is 12.7. The van der Waals surface area contributed by atoms with Crippen LogP contribution in [0.1, 0.15) is 38.5 Å². The van der Waals surface area contributed by atoms with E-state index in [9.17, 15) is 13.2 Å². The monoisotopic (exact) mass is 193 g/mol. The number of halogens is 3. The first-order valence-corrected chi connectivity index (χ1v) is 4.73. The Labute approximate surface area is 75.5 Å². The van der Waals surface area contributed by atoms with Gasteiger partial charge in [0.1, 0.15) is 0 Å². The molecule has 3 aliphatic carbocycles. The van der Waals surface area contributed by atoms with Crippen LogP contribution in [0.3, 0.4) is 0 Å². The van der Waals surface area contributed by atoms with E-state index in [1.54, 1.807) is 0 Å². The largest absolute Gasteiger partial charge is 0.394 e. The zero-order valence-electron chi connectivity index (χ0n) is 7.45. The Hall–Kier alpha value is -0.250. The van der Waals surface area contributed by atoms with Crippen LogP contribution in [0, 0.1) is 5.41 Å². The molecule has 0 aromatic heterocycles.